The van der Waals surface area contributed by atoms with Crippen LogP contribution in [0.1, 0.15) is 10.6 Å². The van der Waals surface area contributed by atoms with Crippen LogP contribution in [0.2, 0.25) is 0 Å². The average molecular weight is 383 g/mol. The number of rotatable bonds is 3. The predicted molar refractivity (Wildman–Crippen MR) is 96.8 cm³/mol. The molecule has 23 heavy (non-hydrogen) atoms. The molecule has 2 aromatic carbocycles. The zero-order valence-corrected chi connectivity index (χ0v) is 14.3. The minimum atomic E-state index is 0.168. The zero-order valence-electron chi connectivity index (χ0n) is 11.9. The molecule has 1 aromatic heterocycles. The first-order chi connectivity index (χ1) is 11.2. The molecule has 5 heteroatoms. The van der Waals surface area contributed by atoms with Crippen LogP contribution in [0.4, 0.5) is 0 Å². The molecule has 0 unspecified atom stereocenters. The number of nitriles is 1. The van der Waals surface area contributed by atoms with Gasteiger partial charge in [-0.15, -0.1) is 11.3 Å². The van der Waals surface area contributed by atoms with Gasteiger partial charge in [-0.2, -0.15) is 5.26 Å². The van der Waals surface area contributed by atoms with E-state index in [1.54, 1.807) is 24.3 Å². The Morgan fingerprint density at radius 3 is 2.70 bits per heavy atom. The standard InChI is InChI=1S/C18H11BrN2OS/c19-15-9-12(6-7-17(15)22)8-14(10-20)18-21-16(11-23-18)13-4-2-1-3-5-13/h1-9,11,22H/b14-8+. The number of benzene rings is 2. The largest absolute Gasteiger partial charge is 0.507 e. The lowest BCUT2D eigenvalue weighted by Gasteiger charge is -1.99. The molecular formula is C18H11BrN2OS. The predicted octanol–water partition coefficient (Wildman–Crippen LogP) is 5.34. The summed E-state index contributed by atoms with van der Waals surface area (Å²) in [6.45, 7) is 0. The molecule has 3 nitrogen and oxygen atoms in total. The summed E-state index contributed by atoms with van der Waals surface area (Å²) in [6.07, 6.45) is 1.76. The Kier molecular flexibility index (Phi) is 4.56. The molecule has 0 atom stereocenters. The number of aromatic hydroxyl groups is 1. The smallest absolute Gasteiger partial charge is 0.134 e. The van der Waals surface area contributed by atoms with Gasteiger partial charge >= 0.3 is 0 Å². The van der Waals surface area contributed by atoms with Crippen LogP contribution < -0.4 is 0 Å². The van der Waals surface area contributed by atoms with Crippen molar-refractivity contribution in [3.63, 3.8) is 0 Å². The summed E-state index contributed by atoms with van der Waals surface area (Å²) in [5.74, 6) is 0.168. The molecule has 0 aliphatic heterocycles. The number of thiazole rings is 1. The molecule has 112 valence electrons. The van der Waals surface area contributed by atoms with E-state index in [0.29, 0.717) is 15.1 Å². The van der Waals surface area contributed by atoms with Crippen molar-refractivity contribution in [2.75, 3.05) is 0 Å². The minimum absolute atomic E-state index is 0.168. The van der Waals surface area contributed by atoms with Gasteiger partial charge in [-0.25, -0.2) is 4.98 Å². The molecule has 0 bridgehead atoms. The Labute approximate surface area is 146 Å². The maximum atomic E-state index is 9.54. The maximum Gasteiger partial charge on any atom is 0.134 e. The van der Waals surface area contributed by atoms with Gasteiger partial charge in [0.15, 0.2) is 0 Å². The number of nitrogens with zero attached hydrogens (tertiary/aromatic N) is 2. The number of allylic oxidation sites excluding steroid dienone is 1. The van der Waals surface area contributed by atoms with E-state index in [2.05, 4.69) is 27.0 Å². The van der Waals surface area contributed by atoms with Crippen molar-refractivity contribution < 1.29 is 5.11 Å². The van der Waals surface area contributed by atoms with Crippen LogP contribution in [-0.2, 0) is 0 Å². The summed E-state index contributed by atoms with van der Waals surface area (Å²) in [6, 6.07) is 17.2. The third kappa shape index (κ3) is 3.50. The summed E-state index contributed by atoms with van der Waals surface area (Å²) in [5, 5.41) is 21.6. The summed E-state index contributed by atoms with van der Waals surface area (Å²) in [5.41, 5.74) is 3.20. The number of hydrogen-bond acceptors (Lipinski definition) is 4. The van der Waals surface area contributed by atoms with Crippen molar-refractivity contribution in [1.29, 1.82) is 5.26 Å². The molecule has 0 spiro atoms. The molecule has 0 saturated heterocycles. The molecule has 1 heterocycles. The zero-order chi connectivity index (χ0) is 16.2. The molecule has 0 aliphatic carbocycles. The molecule has 0 saturated carbocycles. The van der Waals surface area contributed by atoms with E-state index in [1.165, 1.54) is 11.3 Å². The molecule has 1 N–H and O–H groups in total. The van der Waals surface area contributed by atoms with Crippen molar-refractivity contribution in [2.45, 2.75) is 0 Å². The van der Waals surface area contributed by atoms with E-state index in [0.717, 1.165) is 16.8 Å². The van der Waals surface area contributed by atoms with Crippen molar-refractivity contribution in [1.82, 2.24) is 4.98 Å². The summed E-state index contributed by atoms with van der Waals surface area (Å²) in [7, 11) is 0. The Bertz CT molecular complexity index is 910. The van der Waals surface area contributed by atoms with Gasteiger partial charge in [0.1, 0.15) is 16.8 Å². The van der Waals surface area contributed by atoms with Crippen molar-refractivity contribution in [3.8, 4) is 23.1 Å². The van der Waals surface area contributed by atoms with Gasteiger partial charge in [0.05, 0.1) is 15.7 Å². The minimum Gasteiger partial charge on any atom is -0.507 e. The Morgan fingerprint density at radius 2 is 2.00 bits per heavy atom. The van der Waals surface area contributed by atoms with E-state index in [-0.39, 0.29) is 5.75 Å². The van der Waals surface area contributed by atoms with Gasteiger partial charge in [-0.05, 0) is 39.7 Å². The van der Waals surface area contributed by atoms with Crippen molar-refractivity contribution in [2.24, 2.45) is 0 Å². The van der Waals surface area contributed by atoms with Crippen LogP contribution in [0.15, 0.2) is 58.4 Å². The highest BCUT2D eigenvalue weighted by Crippen LogP contribution is 2.29. The van der Waals surface area contributed by atoms with E-state index in [9.17, 15) is 10.4 Å². The van der Waals surface area contributed by atoms with Gasteiger partial charge in [0.2, 0.25) is 0 Å². The maximum absolute atomic E-state index is 9.54. The second-order valence-electron chi connectivity index (χ2n) is 4.78. The van der Waals surface area contributed by atoms with Crippen LogP contribution in [0.5, 0.6) is 5.75 Å². The van der Waals surface area contributed by atoms with Gasteiger partial charge in [0.25, 0.3) is 0 Å². The molecule has 0 radical (unpaired) electrons. The lowest BCUT2D eigenvalue weighted by Crippen LogP contribution is -1.83. The summed E-state index contributed by atoms with van der Waals surface area (Å²) in [4.78, 5) is 4.55. The number of phenols is 1. The molecule has 3 rings (SSSR count). The number of aromatic nitrogens is 1. The molecular weight excluding hydrogens is 372 g/mol. The lowest BCUT2D eigenvalue weighted by atomic mass is 10.1. The van der Waals surface area contributed by atoms with Gasteiger partial charge in [-0.3, -0.25) is 0 Å². The fourth-order valence-electron chi connectivity index (χ4n) is 2.06. The van der Waals surface area contributed by atoms with Gasteiger partial charge in [0, 0.05) is 10.9 Å². The second kappa shape index (κ2) is 6.78. The second-order valence-corrected chi connectivity index (χ2v) is 6.50. The highest BCUT2D eigenvalue weighted by Gasteiger charge is 2.09. The quantitative estimate of drug-likeness (QED) is 0.621. The van der Waals surface area contributed by atoms with Crippen LogP contribution in [0, 0.1) is 11.3 Å². The van der Waals surface area contributed by atoms with Gasteiger partial charge in [-0.1, -0.05) is 36.4 Å². The van der Waals surface area contributed by atoms with Crippen LogP contribution in [-0.4, -0.2) is 10.1 Å². The summed E-state index contributed by atoms with van der Waals surface area (Å²) < 4.78 is 0.590. The summed E-state index contributed by atoms with van der Waals surface area (Å²) >= 11 is 4.71. The van der Waals surface area contributed by atoms with Crippen molar-refractivity contribution in [3.05, 3.63) is 69.0 Å². The first-order valence-electron chi connectivity index (χ1n) is 6.79. The first-order valence-corrected chi connectivity index (χ1v) is 8.46. The Morgan fingerprint density at radius 1 is 1.22 bits per heavy atom. The fraction of sp³-hybridized carbons (Fsp3) is 0. The normalized spacial score (nSPS) is 11.2. The molecule has 0 aliphatic rings. The third-order valence-corrected chi connectivity index (χ3v) is 4.72. The van der Waals surface area contributed by atoms with Crippen molar-refractivity contribution >= 4 is 38.9 Å². The monoisotopic (exact) mass is 382 g/mol. The van der Waals surface area contributed by atoms with E-state index < -0.39 is 0 Å². The van der Waals surface area contributed by atoms with Crippen LogP contribution in [0.3, 0.4) is 0 Å². The van der Waals surface area contributed by atoms with Gasteiger partial charge < -0.3 is 5.11 Å². The highest BCUT2D eigenvalue weighted by atomic mass is 79.9. The Balaban J connectivity index is 1.96. The SMILES string of the molecule is N#C/C(=C\c1ccc(O)c(Br)c1)c1nc(-c2ccccc2)cs1. The lowest BCUT2D eigenvalue weighted by molar-refractivity contribution is 0.472. The number of phenolic OH excluding ortho intramolecular Hbond substituents is 1. The molecule has 3 aromatic rings. The number of halogens is 1. The first kappa shape index (κ1) is 15.5. The topological polar surface area (TPSA) is 56.9 Å². The molecule has 0 fully saturated rings. The Hall–Kier alpha value is -2.42. The van der Waals surface area contributed by atoms with Crippen LogP contribution in [0.25, 0.3) is 22.9 Å². The third-order valence-electron chi connectivity index (χ3n) is 3.21. The van der Waals surface area contributed by atoms with E-state index in [1.807, 2.05) is 35.7 Å². The average Bonchev–Trinajstić information content (AvgIpc) is 3.06. The molecule has 0 amide bonds. The number of hydrogen-bond donors (Lipinski definition) is 1. The van der Waals surface area contributed by atoms with Crippen LogP contribution >= 0.6 is 27.3 Å². The van der Waals surface area contributed by atoms with E-state index >= 15 is 0 Å². The van der Waals surface area contributed by atoms with E-state index in [4.69, 9.17) is 0 Å². The fourth-order valence-corrected chi connectivity index (χ4v) is 3.25. The highest BCUT2D eigenvalue weighted by molar-refractivity contribution is 9.10.